The summed E-state index contributed by atoms with van der Waals surface area (Å²) in [6.07, 6.45) is -0.225. The number of rotatable bonds is 4. The van der Waals surface area contributed by atoms with Gasteiger partial charge in [0.05, 0.1) is 16.6 Å². The van der Waals surface area contributed by atoms with Crippen LogP contribution in [0, 0.1) is 16.0 Å². The Hall–Kier alpha value is -1.42. The average Bonchev–Trinajstić information content (AvgIpc) is 2.16. The van der Waals surface area contributed by atoms with Gasteiger partial charge in [0.25, 0.3) is 5.69 Å². The van der Waals surface area contributed by atoms with Crippen molar-refractivity contribution in [2.24, 2.45) is 5.92 Å². The molecule has 4 heteroatoms. The molecular weight excluding hydrogens is 194 g/mol. The van der Waals surface area contributed by atoms with Crippen molar-refractivity contribution >= 4 is 5.69 Å². The van der Waals surface area contributed by atoms with Crippen molar-refractivity contribution in [3.05, 3.63) is 39.9 Å². The molecule has 0 aliphatic rings. The number of benzene rings is 1. The van der Waals surface area contributed by atoms with Crippen molar-refractivity contribution in [2.75, 3.05) is 0 Å². The highest BCUT2D eigenvalue weighted by molar-refractivity contribution is 5.41. The van der Waals surface area contributed by atoms with E-state index in [0.717, 1.165) is 0 Å². The largest absolute Gasteiger partial charge is 0.388 e. The Balaban J connectivity index is 2.97. The number of nitro benzene ring substituents is 1. The van der Waals surface area contributed by atoms with Crippen molar-refractivity contribution in [1.29, 1.82) is 0 Å². The Kier molecular flexibility index (Phi) is 3.80. The van der Waals surface area contributed by atoms with Crippen molar-refractivity contribution in [3.63, 3.8) is 0 Å². The van der Waals surface area contributed by atoms with Gasteiger partial charge in [0.15, 0.2) is 0 Å². The second kappa shape index (κ2) is 4.89. The smallest absolute Gasteiger partial charge is 0.275 e. The maximum atomic E-state index is 10.7. The van der Waals surface area contributed by atoms with Crippen LogP contribution in [-0.2, 0) is 0 Å². The van der Waals surface area contributed by atoms with E-state index >= 15 is 0 Å². The quantitative estimate of drug-likeness (QED) is 0.612. The van der Waals surface area contributed by atoms with Gasteiger partial charge in [0.2, 0.25) is 0 Å². The average molecular weight is 209 g/mol. The van der Waals surface area contributed by atoms with Crippen LogP contribution in [0.25, 0.3) is 0 Å². The van der Waals surface area contributed by atoms with Gasteiger partial charge < -0.3 is 5.11 Å². The Morgan fingerprint density at radius 2 is 2.00 bits per heavy atom. The Morgan fingerprint density at radius 1 is 1.40 bits per heavy atom. The molecule has 1 unspecified atom stereocenters. The highest BCUT2D eigenvalue weighted by Crippen LogP contribution is 2.28. The van der Waals surface area contributed by atoms with Crippen LogP contribution in [0.1, 0.15) is 31.9 Å². The van der Waals surface area contributed by atoms with E-state index in [1.807, 2.05) is 13.8 Å². The van der Waals surface area contributed by atoms with Crippen LogP contribution < -0.4 is 0 Å². The lowest BCUT2D eigenvalue weighted by Crippen LogP contribution is -2.05. The zero-order valence-corrected chi connectivity index (χ0v) is 8.88. The van der Waals surface area contributed by atoms with Crippen LogP contribution >= 0.6 is 0 Å². The molecule has 0 heterocycles. The maximum absolute atomic E-state index is 10.7. The highest BCUT2D eigenvalue weighted by atomic mass is 16.6. The number of nitro groups is 1. The molecule has 0 bridgehead atoms. The van der Waals surface area contributed by atoms with Crippen LogP contribution in [0.15, 0.2) is 24.3 Å². The molecule has 1 atom stereocenters. The highest BCUT2D eigenvalue weighted by Gasteiger charge is 2.19. The third kappa shape index (κ3) is 3.02. The van der Waals surface area contributed by atoms with Gasteiger partial charge in [-0.25, -0.2) is 0 Å². The molecule has 0 aromatic heterocycles. The van der Waals surface area contributed by atoms with Gasteiger partial charge in [-0.2, -0.15) is 0 Å². The first-order chi connectivity index (χ1) is 7.02. The number of para-hydroxylation sites is 1. The van der Waals surface area contributed by atoms with E-state index in [1.54, 1.807) is 18.2 Å². The number of nitrogens with zero attached hydrogens (tertiary/aromatic N) is 1. The second-order valence-electron chi connectivity index (χ2n) is 3.96. The third-order valence-electron chi connectivity index (χ3n) is 2.19. The molecule has 0 amide bonds. The number of aliphatic hydroxyl groups is 1. The molecule has 0 saturated heterocycles. The van der Waals surface area contributed by atoms with Crippen molar-refractivity contribution in [1.82, 2.24) is 0 Å². The Bertz CT molecular complexity index is 349. The molecule has 4 nitrogen and oxygen atoms in total. The summed E-state index contributed by atoms with van der Waals surface area (Å²) in [4.78, 5) is 10.2. The van der Waals surface area contributed by atoms with E-state index in [0.29, 0.717) is 17.9 Å². The maximum Gasteiger partial charge on any atom is 0.275 e. The number of hydrogen-bond acceptors (Lipinski definition) is 3. The summed E-state index contributed by atoms with van der Waals surface area (Å²) in [5.74, 6) is 0.305. The molecule has 0 saturated carbocycles. The van der Waals surface area contributed by atoms with E-state index in [2.05, 4.69) is 0 Å². The number of aliphatic hydroxyl groups excluding tert-OH is 1. The van der Waals surface area contributed by atoms with Gasteiger partial charge in [-0.15, -0.1) is 0 Å². The SMILES string of the molecule is CC(C)CC(O)c1ccccc1[N+](=O)[O-]. The van der Waals surface area contributed by atoms with E-state index in [4.69, 9.17) is 0 Å². The fourth-order valence-corrected chi connectivity index (χ4v) is 1.51. The third-order valence-corrected chi connectivity index (χ3v) is 2.19. The second-order valence-corrected chi connectivity index (χ2v) is 3.96. The first-order valence-corrected chi connectivity index (χ1v) is 4.93. The van der Waals surface area contributed by atoms with E-state index < -0.39 is 11.0 Å². The minimum atomic E-state index is -0.758. The van der Waals surface area contributed by atoms with Crippen LogP contribution in [0.5, 0.6) is 0 Å². The lowest BCUT2D eigenvalue weighted by molar-refractivity contribution is -0.386. The van der Waals surface area contributed by atoms with Crippen LogP contribution in [0.2, 0.25) is 0 Å². The summed E-state index contributed by atoms with van der Waals surface area (Å²) in [5.41, 5.74) is 0.391. The predicted molar refractivity (Wildman–Crippen MR) is 57.5 cm³/mol. The van der Waals surface area contributed by atoms with Crippen molar-refractivity contribution in [2.45, 2.75) is 26.4 Å². The predicted octanol–water partition coefficient (Wildman–Crippen LogP) is 2.67. The van der Waals surface area contributed by atoms with Gasteiger partial charge in [-0.3, -0.25) is 10.1 Å². The molecule has 1 N–H and O–H groups in total. The van der Waals surface area contributed by atoms with Crippen LogP contribution in [-0.4, -0.2) is 10.0 Å². The molecule has 15 heavy (non-hydrogen) atoms. The molecule has 0 radical (unpaired) electrons. The fraction of sp³-hybridized carbons (Fsp3) is 0.455. The Morgan fingerprint density at radius 3 is 2.53 bits per heavy atom. The van der Waals surface area contributed by atoms with Gasteiger partial charge in [0.1, 0.15) is 0 Å². The van der Waals surface area contributed by atoms with Gasteiger partial charge >= 0.3 is 0 Å². The molecule has 1 rings (SSSR count). The minimum absolute atomic E-state index is 0.00866. The van der Waals surface area contributed by atoms with Gasteiger partial charge in [-0.05, 0) is 18.4 Å². The molecule has 1 aromatic rings. The molecule has 1 aromatic carbocycles. The summed E-state index contributed by atoms with van der Waals surface area (Å²) in [7, 11) is 0. The van der Waals surface area contributed by atoms with Gasteiger partial charge in [-0.1, -0.05) is 26.0 Å². The van der Waals surface area contributed by atoms with Gasteiger partial charge in [0, 0.05) is 6.07 Å². The van der Waals surface area contributed by atoms with Crippen molar-refractivity contribution < 1.29 is 10.0 Å². The zero-order chi connectivity index (χ0) is 11.4. The summed E-state index contributed by atoms with van der Waals surface area (Å²) < 4.78 is 0. The standard InChI is InChI=1S/C11H15NO3/c1-8(2)7-11(13)9-5-3-4-6-10(9)12(14)15/h3-6,8,11,13H,7H2,1-2H3. The van der Waals surface area contributed by atoms with E-state index in [-0.39, 0.29) is 5.69 Å². The first-order valence-electron chi connectivity index (χ1n) is 4.93. The first kappa shape index (κ1) is 11.7. The molecule has 82 valence electrons. The Labute approximate surface area is 88.7 Å². The summed E-state index contributed by atoms with van der Waals surface area (Å²) in [6.45, 7) is 3.94. The molecule has 0 spiro atoms. The summed E-state index contributed by atoms with van der Waals surface area (Å²) in [5, 5.41) is 20.5. The topological polar surface area (TPSA) is 63.4 Å². The fourth-order valence-electron chi connectivity index (χ4n) is 1.51. The van der Waals surface area contributed by atoms with E-state index in [1.165, 1.54) is 6.07 Å². The zero-order valence-electron chi connectivity index (χ0n) is 8.88. The molecule has 0 aliphatic carbocycles. The summed E-state index contributed by atoms with van der Waals surface area (Å²) in [6, 6.07) is 6.32. The normalized spacial score (nSPS) is 12.8. The number of hydrogen-bond donors (Lipinski definition) is 1. The molecule has 0 aliphatic heterocycles. The lowest BCUT2D eigenvalue weighted by atomic mass is 9.98. The minimum Gasteiger partial charge on any atom is -0.388 e. The van der Waals surface area contributed by atoms with E-state index in [9.17, 15) is 15.2 Å². The molecule has 0 fully saturated rings. The monoisotopic (exact) mass is 209 g/mol. The van der Waals surface area contributed by atoms with Crippen molar-refractivity contribution in [3.8, 4) is 0 Å². The summed E-state index contributed by atoms with van der Waals surface area (Å²) >= 11 is 0. The molecular formula is C11H15NO3. The lowest BCUT2D eigenvalue weighted by Gasteiger charge is -2.13. The van der Waals surface area contributed by atoms with Crippen LogP contribution in [0.3, 0.4) is 0 Å². The van der Waals surface area contributed by atoms with Crippen LogP contribution in [0.4, 0.5) is 5.69 Å².